The summed E-state index contributed by atoms with van der Waals surface area (Å²) < 4.78 is 28.0. The minimum absolute atomic E-state index is 0.00337. The average molecular weight is 415 g/mol. The van der Waals surface area contributed by atoms with E-state index >= 15 is 0 Å². The molecule has 0 amide bonds. The average Bonchev–Trinajstić information content (AvgIpc) is 2.63. The maximum atomic E-state index is 12.7. The van der Waals surface area contributed by atoms with Crippen molar-refractivity contribution in [1.82, 2.24) is 10.0 Å². The number of hydrogen-bond donors (Lipinski definition) is 3. The molecule has 1 aliphatic rings. The molecule has 1 aromatic rings. The first kappa shape index (κ1) is 21.2. The Hall–Kier alpha value is -1.09. The molecule has 0 fully saturated rings. The number of aliphatic hydroxyl groups is 1. The highest BCUT2D eigenvalue weighted by molar-refractivity contribution is 7.96. The lowest BCUT2D eigenvalue weighted by atomic mass is 10.1. The minimum atomic E-state index is -3.87. The second-order valence-corrected chi connectivity index (χ2v) is 8.63. The van der Waals surface area contributed by atoms with Gasteiger partial charge in [-0.1, -0.05) is 67.2 Å². The second-order valence-electron chi connectivity index (χ2n) is 6.02. The van der Waals surface area contributed by atoms with Crippen molar-refractivity contribution < 1.29 is 13.5 Å². The van der Waals surface area contributed by atoms with Crippen molar-refractivity contribution in [2.45, 2.75) is 38.4 Å². The Bertz CT molecular complexity index is 792. The quantitative estimate of drug-likeness (QED) is 0.541. The Labute approximate surface area is 165 Å². The molecule has 1 aliphatic carbocycles. The molecular weight excluding hydrogens is 392 g/mol. The van der Waals surface area contributed by atoms with Crippen molar-refractivity contribution in [3.8, 4) is 0 Å². The minimum Gasteiger partial charge on any atom is -0.395 e. The largest absolute Gasteiger partial charge is 0.395 e. The molecule has 1 aromatic carbocycles. The molecule has 0 bridgehead atoms. The zero-order valence-corrected chi connectivity index (χ0v) is 16.9. The Balaban J connectivity index is 2.10. The van der Waals surface area contributed by atoms with Gasteiger partial charge in [-0.3, -0.25) is 0 Å². The molecule has 142 valence electrons. The Morgan fingerprint density at radius 3 is 2.58 bits per heavy atom. The molecule has 2 rings (SSSR count). The SMILES string of the molecule is CCC(NCc1ccccc1)[C@@H](CO)NS(=O)(=O)C1=CC(Cl)=CCC1=S. The summed E-state index contributed by atoms with van der Waals surface area (Å²) in [7, 11) is -3.87. The van der Waals surface area contributed by atoms with Crippen LogP contribution in [0.2, 0.25) is 0 Å². The molecule has 1 unspecified atom stereocenters. The second kappa shape index (κ2) is 9.73. The van der Waals surface area contributed by atoms with Gasteiger partial charge in [-0.15, -0.1) is 0 Å². The van der Waals surface area contributed by atoms with Crippen molar-refractivity contribution >= 4 is 38.7 Å². The predicted octanol–water partition coefficient (Wildman–Crippen LogP) is 2.62. The molecule has 0 spiro atoms. The van der Waals surface area contributed by atoms with Gasteiger partial charge in [-0.05, 0) is 18.1 Å². The Kier molecular flexibility index (Phi) is 7.94. The van der Waals surface area contributed by atoms with Crippen molar-refractivity contribution in [2.75, 3.05) is 6.61 Å². The number of thiocarbonyl (C=S) groups is 1. The number of nitrogens with one attached hydrogen (secondary N) is 2. The van der Waals surface area contributed by atoms with E-state index in [0.717, 1.165) is 5.56 Å². The molecule has 8 heteroatoms. The first-order valence-electron chi connectivity index (χ1n) is 8.38. The molecule has 3 N–H and O–H groups in total. The highest BCUT2D eigenvalue weighted by atomic mass is 35.5. The van der Waals surface area contributed by atoms with Crippen molar-refractivity contribution in [3.63, 3.8) is 0 Å². The summed E-state index contributed by atoms with van der Waals surface area (Å²) in [5.74, 6) is 0. The van der Waals surface area contributed by atoms with Crippen LogP contribution in [0.5, 0.6) is 0 Å². The van der Waals surface area contributed by atoms with Gasteiger partial charge >= 0.3 is 0 Å². The van der Waals surface area contributed by atoms with Gasteiger partial charge in [0.05, 0.1) is 17.6 Å². The van der Waals surface area contributed by atoms with Crippen LogP contribution < -0.4 is 10.0 Å². The van der Waals surface area contributed by atoms with Gasteiger partial charge in [-0.2, -0.15) is 0 Å². The van der Waals surface area contributed by atoms with E-state index in [1.54, 1.807) is 6.08 Å². The fourth-order valence-corrected chi connectivity index (χ4v) is 4.86. The first-order valence-corrected chi connectivity index (χ1v) is 10.7. The number of benzene rings is 1. The summed E-state index contributed by atoms with van der Waals surface area (Å²) in [6, 6.07) is 8.87. The molecule has 5 nitrogen and oxygen atoms in total. The number of halogens is 1. The maximum absolute atomic E-state index is 12.7. The highest BCUT2D eigenvalue weighted by Gasteiger charge is 2.29. The lowest BCUT2D eigenvalue weighted by Gasteiger charge is -2.27. The van der Waals surface area contributed by atoms with Gasteiger partial charge in [-0.25, -0.2) is 13.1 Å². The van der Waals surface area contributed by atoms with E-state index in [2.05, 4.69) is 10.0 Å². The van der Waals surface area contributed by atoms with Crippen LogP contribution in [0.1, 0.15) is 25.3 Å². The summed E-state index contributed by atoms with van der Waals surface area (Å²) in [4.78, 5) is 0.306. The number of rotatable bonds is 9. The predicted molar refractivity (Wildman–Crippen MR) is 110 cm³/mol. The van der Waals surface area contributed by atoms with E-state index in [1.165, 1.54) is 6.08 Å². The van der Waals surface area contributed by atoms with E-state index in [9.17, 15) is 13.5 Å². The Morgan fingerprint density at radius 1 is 1.27 bits per heavy atom. The fourth-order valence-electron chi connectivity index (χ4n) is 2.71. The summed E-state index contributed by atoms with van der Waals surface area (Å²) >= 11 is 11.1. The standard InChI is InChI=1S/C18H23ClN2O3S2/c1-2-15(20-11-13-6-4-3-5-7-13)16(12-22)21-26(23,24)18-10-14(19)8-9-17(18)25/h3-8,10,15-16,20-22H,2,9,11-12H2,1H3/t15?,16-/m1/s1. The third-order valence-electron chi connectivity index (χ3n) is 4.16. The number of sulfonamides is 1. The van der Waals surface area contributed by atoms with Gasteiger partial charge < -0.3 is 10.4 Å². The summed E-state index contributed by atoms with van der Waals surface area (Å²) in [6.45, 7) is 2.18. The lowest BCUT2D eigenvalue weighted by molar-refractivity contribution is 0.222. The summed E-state index contributed by atoms with van der Waals surface area (Å²) in [5.41, 5.74) is 1.08. The van der Waals surface area contributed by atoms with Crippen LogP contribution in [0.25, 0.3) is 0 Å². The van der Waals surface area contributed by atoms with Crippen LogP contribution in [0, 0.1) is 0 Å². The molecule has 0 heterocycles. The molecule has 0 radical (unpaired) electrons. The zero-order valence-electron chi connectivity index (χ0n) is 14.5. The van der Waals surface area contributed by atoms with Crippen LogP contribution in [0.3, 0.4) is 0 Å². The topological polar surface area (TPSA) is 78.4 Å². The molecule has 0 aromatic heterocycles. The van der Waals surface area contributed by atoms with Crippen LogP contribution in [0.4, 0.5) is 0 Å². The van der Waals surface area contributed by atoms with E-state index in [4.69, 9.17) is 23.8 Å². The normalized spacial score (nSPS) is 17.4. The Morgan fingerprint density at radius 2 is 1.96 bits per heavy atom. The maximum Gasteiger partial charge on any atom is 0.242 e. The lowest BCUT2D eigenvalue weighted by Crippen LogP contribution is -2.52. The summed E-state index contributed by atoms with van der Waals surface area (Å²) in [5, 5.41) is 13.4. The number of allylic oxidation sites excluding steroid dienone is 4. The molecule has 0 aliphatic heterocycles. The number of aliphatic hydroxyl groups excluding tert-OH is 1. The number of hydrogen-bond acceptors (Lipinski definition) is 5. The van der Waals surface area contributed by atoms with Gasteiger partial charge in [0.1, 0.15) is 0 Å². The van der Waals surface area contributed by atoms with Crippen LogP contribution >= 0.6 is 23.8 Å². The van der Waals surface area contributed by atoms with E-state index in [-0.39, 0.29) is 17.6 Å². The van der Waals surface area contributed by atoms with E-state index < -0.39 is 16.1 Å². The smallest absolute Gasteiger partial charge is 0.242 e. The zero-order chi connectivity index (χ0) is 19.2. The van der Waals surface area contributed by atoms with Gasteiger partial charge in [0.15, 0.2) is 0 Å². The fraction of sp³-hybridized carbons (Fsp3) is 0.389. The molecule has 0 saturated heterocycles. The highest BCUT2D eigenvalue weighted by Crippen LogP contribution is 2.22. The first-order chi connectivity index (χ1) is 12.4. The van der Waals surface area contributed by atoms with Crippen molar-refractivity contribution in [3.05, 3.63) is 58.0 Å². The molecular formula is C18H23ClN2O3S2. The molecule has 0 saturated carbocycles. The van der Waals surface area contributed by atoms with Crippen molar-refractivity contribution in [2.24, 2.45) is 0 Å². The van der Waals surface area contributed by atoms with E-state index in [1.807, 2.05) is 37.3 Å². The van der Waals surface area contributed by atoms with Crippen LogP contribution in [-0.4, -0.2) is 37.1 Å². The van der Waals surface area contributed by atoms with Crippen LogP contribution in [0.15, 0.2) is 52.4 Å². The summed E-state index contributed by atoms with van der Waals surface area (Å²) in [6.07, 6.45) is 3.98. The van der Waals surface area contributed by atoms with Gasteiger partial charge in [0.25, 0.3) is 0 Å². The van der Waals surface area contributed by atoms with Crippen LogP contribution in [-0.2, 0) is 16.6 Å². The van der Waals surface area contributed by atoms with Gasteiger partial charge in [0, 0.05) is 28.9 Å². The molecule has 26 heavy (non-hydrogen) atoms. The van der Waals surface area contributed by atoms with E-state index in [0.29, 0.717) is 29.3 Å². The monoisotopic (exact) mass is 414 g/mol. The molecule has 2 atom stereocenters. The third kappa shape index (κ3) is 5.70. The third-order valence-corrected chi connectivity index (χ3v) is 6.49. The van der Waals surface area contributed by atoms with Gasteiger partial charge in [0.2, 0.25) is 10.0 Å². The van der Waals surface area contributed by atoms with Crippen molar-refractivity contribution in [1.29, 1.82) is 0 Å².